The second-order valence-corrected chi connectivity index (χ2v) is 6.11. The fraction of sp³-hybridized carbons (Fsp3) is 0.222. The summed E-state index contributed by atoms with van der Waals surface area (Å²) in [7, 11) is 0. The molecule has 0 bridgehead atoms. The molecule has 0 aliphatic carbocycles. The van der Waals surface area contributed by atoms with Crippen molar-refractivity contribution >= 4 is 11.8 Å². The fourth-order valence-electron chi connectivity index (χ4n) is 2.22. The average molecular weight is 310 g/mol. The molecule has 0 fully saturated rings. The minimum Gasteiger partial charge on any atom is -0.416 e. The molecule has 3 rings (SSSR count). The summed E-state index contributed by atoms with van der Waals surface area (Å²) in [4.78, 5) is 0. The lowest BCUT2D eigenvalue weighted by atomic mass is 10.1. The van der Waals surface area contributed by atoms with Crippen LogP contribution in [0.5, 0.6) is 0 Å². The second-order valence-electron chi connectivity index (χ2n) is 5.06. The van der Waals surface area contributed by atoms with Gasteiger partial charge in [-0.05, 0) is 24.0 Å². The van der Waals surface area contributed by atoms with Crippen LogP contribution in [-0.2, 0) is 12.8 Å². The van der Waals surface area contributed by atoms with Crippen molar-refractivity contribution in [1.82, 2.24) is 10.2 Å². The number of hydrogen-bond acceptors (Lipinski definition) is 4. The molecular formula is C18H18N2OS. The van der Waals surface area contributed by atoms with E-state index in [2.05, 4.69) is 46.6 Å². The number of aryl methyl sites for hydroxylation is 1. The van der Waals surface area contributed by atoms with Crippen molar-refractivity contribution in [1.29, 1.82) is 0 Å². The van der Waals surface area contributed by atoms with Gasteiger partial charge in [0, 0.05) is 5.75 Å². The highest BCUT2D eigenvalue weighted by molar-refractivity contribution is 7.99. The van der Waals surface area contributed by atoms with E-state index in [9.17, 15) is 0 Å². The van der Waals surface area contributed by atoms with Gasteiger partial charge in [-0.25, -0.2) is 0 Å². The monoisotopic (exact) mass is 310 g/mol. The van der Waals surface area contributed by atoms with Crippen molar-refractivity contribution in [2.75, 3.05) is 5.75 Å². The van der Waals surface area contributed by atoms with Gasteiger partial charge in [-0.15, -0.1) is 10.2 Å². The first-order valence-corrected chi connectivity index (χ1v) is 8.42. The van der Waals surface area contributed by atoms with Gasteiger partial charge in [-0.2, -0.15) is 0 Å². The summed E-state index contributed by atoms with van der Waals surface area (Å²) >= 11 is 1.63. The third-order valence-corrected chi connectivity index (χ3v) is 4.23. The molecule has 0 unspecified atom stereocenters. The van der Waals surface area contributed by atoms with Crippen molar-refractivity contribution in [2.24, 2.45) is 0 Å². The minimum absolute atomic E-state index is 0.666. The van der Waals surface area contributed by atoms with E-state index in [4.69, 9.17) is 4.42 Å². The zero-order valence-electron chi connectivity index (χ0n) is 12.3. The molecule has 0 N–H and O–H groups in total. The van der Waals surface area contributed by atoms with E-state index >= 15 is 0 Å². The molecule has 2 aromatic carbocycles. The van der Waals surface area contributed by atoms with Gasteiger partial charge in [0.15, 0.2) is 0 Å². The van der Waals surface area contributed by atoms with Crippen LogP contribution in [0.1, 0.15) is 23.4 Å². The molecule has 3 nitrogen and oxygen atoms in total. The molecule has 0 spiro atoms. The molecule has 3 aromatic rings. The number of aromatic nitrogens is 2. The Morgan fingerprint density at radius 2 is 1.50 bits per heavy atom. The summed E-state index contributed by atoms with van der Waals surface area (Å²) in [5.41, 5.74) is 2.56. The molecule has 112 valence electrons. The molecule has 0 aliphatic rings. The van der Waals surface area contributed by atoms with Crippen LogP contribution in [-0.4, -0.2) is 16.0 Å². The SMILES string of the molecule is c1ccc(CCCSc2nnc(Cc3ccccc3)o2)cc1. The topological polar surface area (TPSA) is 38.9 Å². The summed E-state index contributed by atoms with van der Waals surface area (Å²) in [5.74, 6) is 1.67. The molecule has 1 heterocycles. The summed E-state index contributed by atoms with van der Waals surface area (Å²) in [6, 6.07) is 20.7. The Balaban J connectivity index is 1.44. The number of nitrogens with zero attached hydrogens (tertiary/aromatic N) is 2. The zero-order chi connectivity index (χ0) is 15.0. The van der Waals surface area contributed by atoms with Crippen LogP contribution in [0.3, 0.4) is 0 Å². The first-order valence-electron chi connectivity index (χ1n) is 7.43. The van der Waals surface area contributed by atoms with E-state index in [1.165, 1.54) is 11.1 Å². The maximum absolute atomic E-state index is 5.68. The predicted molar refractivity (Wildman–Crippen MR) is 89.0 cm³/mol. The van der Waals surface area contributed by atoms with Crippen LogP contribution >= 0.6 is 11.8 Å². The van der Waals surface area contributed by atoms with E-state index in [0.29, 0.717) is 17.5 Å². The first kappa shape index (κ1) is 14.9. The highest BCUT2D eigenvalue weighted by atomic mass is 32.2. The Kier molecular flexibility index (Phi) is 5.27. The Hall–Kier alpha value is -2.07. The molecule has 22 heavy (non-hydrogen) atoms. The van der Waals surface area contributed by atoms with Crippen LogP contribution in [0.2, 0.25) is 0 Å². The Labute approximate surface area is 134 Å². The molecule has 0 atom stereocenters. The largest absolute Gasteiger partial charge is 0.416 e. The van der Waals surface area contributed by atoms with E-state index in [1.54, 1.807) is 11.8 Å². The first-order chi connectivity index (χ1) is 10.9. The van der Waals surface area contributed by atoms with Crippen molar-refractivity contribution in [3.8, 4) is 0 Å². The fourth-order valence-corrected chi connectivity index (χ4v) is 2.94. The van der Waals surface area contributed by atoms with Gasteiger partial charge in [-0.1, -0.05) is 72.4 Å². The Bertz CT molecular complexity index is 683. The predicted octanol–water partition coefficient (Wildman–Crippen LogP) is 4.39. The average Bonchev–Trinajstić information content (AvgIpc) is 3.01. The maximum atomic E-state index is 5.68. The van der Waals surface area contributed by atoms with Crippen molar-refractivity contribution in [3.05, 3.63) is 77.7 Å². The van der Waals surface area contributed by atoms with Crippen LogP contribution in [0.4, 0.5) is 0 Å². The number of benzene rings is 2. The minimum atomic E-state index is 0.666. The Morgan fingerprint density at radius 1 is 0.818 bits per heavy atom. The van der Waals surface area contributed by atoms with Crippen LogP contribution < -0.4 is 0 Å². The highest BCUT2D eigenvalue weighted by Crippen LogP contribution is 2.19. The van der Waals surface area contributed by atoms with Gasteiger partial charge in [0.05, 0.1) is 6.42 Å². The lowest BCUT2D eigenvalue weighted by molar-refractivity contribution is 0.420. The molecule has 0 saturated heterocycles. The molecule has 1 aromatic heterocycles. The van der Waals surface area contributed by atoms with E-state index in [-0.39, 0.29) is 0 Å². The summed E-state index contributed by atoms with van der Waals surface area (Å²) < 4.78 is 5.68. The molecule has 4 heteroatoms. The van der Waals surface area contributed by atoms with Crippen molar-refractivity contribution in [2.45, 2.75) is 24.5 Å². The second kappa shape index (κ2) is 7.80. The van der Waals surface area contributed by atoms with Gasteiger partial charge in [-0.3, -0.25) is 0 Å². The normalized spacial score (nSPS) is 10.7. The molecule has 0 amide bonds. The summed E-state index contributed by atoms with van der Waals surface area (Å²) in [6.07, 6.45) is 2.88. The third kappa shape index (κ3) is 4.46. The molecule has 0 saturated carbocycles. The van der Waals surface area contributed by atoms with Crippen LogP contribution in [0, 0.1) is 0 Å². The molecular weight excluding hydrogens is 292 g/mol. The van der Waals surface area contributed by atoms with E-state index < -0.39 is 0 Å². The lowest BCUT2D eigenvalue weighted by Gasteiger charge is -1.99. The zero-order valence-corrected chi connectivity index (χ0v) is 13.1. The van der Waals surface area contributed by atoms with Crippen molar-refractivity contribution in [3.63, 3.8) is 0 Å². The quantitative estimate of drug-likeness (QED) is 0.479. The molecule has 0 aliphatic heterocycles. The number of rotatable bonds is 7. The summed E-state index contributed by atoms with van der Waals surface area (Å²) in [5, 5.41) is 8.88. The van der Waals surface area contributed by atoms with E-state index in [1.807, 2.05) is 24.3 Å². The summed E-state index contributed by atoms with van der Waals surface area (Å²) in [6.45, 7) is 0. The van der Waals surface area contributed by atoms with Gasteiger partial charge < -0.3 is 4.42 Å². The number of thioether (sulfide) groups is 1. The van der Waals surface area contributed by atoms with Crippen LogP contribution in [0.15, 0.2) is 70.3 Å². The Morgan fingerprint density at radius 3 is 2.23 bits per heavy atom. The van der Waals surface area contributed by atoms with Gasteiger partial charge in [0.25, 0.3) is 5.22 Å². The third-order valence-electron chi connectivity index (χ3n) is 3.32. The molecule has 0 radical (unpaired) electrons. The smallest absolute Gasteiger partial charge is 0.276 e. The maximum Gasteiger partial charge on any atom is 0.276 e. The lowest BCUT2D eigenvalue weighted by Crippen LogP contribution is -1.87. The van der Waals surface area contributed by atoms with Gasteiger partial charge >= 0.3 is 0 Å². The van der Waals surface area contributed by atoms with Gasteiger partial charge in [0.1, 0.15) is 0 Å². The standard InChI is InChI=1S/C18H18N2OS/c1-3-8-15(9-4-1)12-7-13-22-18-20-19-17(21-18)14-16-10-5-2-6-11-16/h1-6,8-11H,7,12-14H2. The van der Waals surface area contributed by atoms with E-state index in [0.717, 1.165) is 18.6 Å². The van der Waals surface area contributed by atoms with Crippen molar-refractivity contribution < 1.29 is 4.42 Å². The number of hydrogen-bond donors (Lipinski definition) is 0. The van der Waals surface area contributed by atoms with Crippen LogP contribution in [0.25, 0.3) is 0 Å². The van der Waals surface area contributed by atoms with Gasteiger partial charge in [0.2, 0.25) is 5.89 Å². The highest BCUT2D eigenvalue weighted by Gasteiger charge is 2.07.